The van der Waals surface area contributed by atoms with Crippen LogP contribution < -0.4 is 14.2 Å². The number of nitrogens with zero attached hydrogens (tertiary/aromatic N) is 1. The molecular formula is C28H29NO6S. The van der Waals surface area contributed by atoms with E-state index in [1.165, 1.54) is 16.2 Å². The monoisotopic (exact) mass is 507 g/mol. The molecule has 36 heavy (non-hydrogen) atoms. The highest BCUT2D eigenvalue weighted by molar-refractivity contribution is 7.10. The van der Waals surface area contributed by atoms with Crippen molar-refractivity contribution in [3.8, 4) is 17.2 Å². The molecule has 1 saturated heterocycles. The lowest BCUT2D eigenvalue weighted by molar-refractivity contribution is -0.140. The van der Waals surface area contributed by atoms with Crippen LogP contribution in [0.15, 0.2) is 59.5 Å². The van der Waals surface area contributed by atoms with Crippen LogP contribution in [-0.4, -0.2) is 43.0 Å². The Bertz CT molecular complexity index is 1310. The molecule has 0 spiro atoms. The van der Waals surface area contributed by atoms with Gasteiger partial charge in [-0.25, -0.2) is 0 Å². The molecule has 0 aliphatic carbocycles. The van der Waals surface area contributed by atoms with Crippen molar-refractivity contribution in [3.05, 3.63) is 81.1 Å². The van der Waals surface area contributed by atoms with Crippen LogP contribution in [-0.2, 0) is 16.1 Å². The fraction of sp³-hybridized carbons (Fsp3) is 0.286. The molecule has 0 radical (unpaired) electrons. The second-order valence-electron chi connectivity index (χ2n) is 8.74. The number of carbonyl (C=O) groups is 2. The molecule has 1 fully saturated rings. The van der Waals surface area contributed by atoms with E-state index in [9.17, 15) is 14.7 Å². The summed E-state index contributed by atoms with van der Waals surface area (Å²) < 4.78 is 16.2. The highest BCUT2D eigenvalue weighted by Crippen LogP contribution is 2.43. The van der Waals surface area contributed by atoms with E-state index in [1.54, 1.807) is 45.6 Å². The number of thiophene rings is 1. The SMILES string of the molecule is COc1ccc(CN2C(=O)C(=O)/C(=C(\O)c3ccc(OC)c(C(C)C)c3)C2c2cccs2)cc1OC. The van der Waals surface area contributed by atoms with Crippen LogP contribution >= 0.6 is 11.3 Å². The molecule has 1 aromatic heterocycles. The lowest BCUT2D eigenvalue weighted by Crippen LogP contribution is -2.28. The number of aliphatic hydroxyl groups excluding tert-OH is 1. The van der Waals surface area contributed by atoms with Gasteiger partial charge >= 0.3 is 0 Å². The van der Waals surface area contributed by atoms with Gasteiger partial charge < -0.3 is 24.2 Å². The summed E-state index contributed by atoms with van der Waals surface area (Å²) in [5.41, 5.74) is 2.20. The molecule has 2 aromatic carbocycles. The van der Waals surface area contributed by atoms with Gasteiger partial charge in [0.1, 0.15) is 11.5 Å². The van der Waals surface area contributed by atoms with E-state index >= 15 is 0 Å². The number of likely N-dealkylation sites (tertiary alicyclic amines) is 1. The number of ketones is 1. The van der Waals surface area contributed by atoms with Crippen molar-refractivity contribution in [1.82, 2.24) is 4.90 Å². The maximum atomic E-state index is 13.3. The standard InChI is InChI=1S/C28H29NO6S/c1-16(2)19-14-18(9-11-20(19)33-3)26(30)24-25(23-7-6-12-36-23)29(28(32)27(24)31)15-17-8-10-21(34-4)22(13-17)35-5/h6-14,16,25,30H,15H2,1-5H3/b26-24-. The Balaban J connectivity index is 1.82. The predicted molar refractivity (Wildman–Crippen MR) is 139 cm³/mol. The van der Waals surface area contributed by atoms with Gasteiger partial charge in [0, 0.05) is 17.0 Å². The van der Waals surface area contributed by atoms with Gasteiger partial charge in [0.05, 0.1) is 32.9 Å². The summed E-state index contributed by atoms with van der Waals surface area (Å²) in [4.78, 5) is 28.9. The lowest BCUT2D eigenvalue weighted by Gasteiger charge is -2.24. The molecule has 8 heteroatoms. The number of Topliss-reactive ketones (excluding diaryl/α,β-unsaturated/α-hetero) is 1. The Kier molecular flexibility index (Phi) is 7.35. The van der Waals surface area contributed by atoms with Gasteiger partial charge in [-0.3, -0.25) is 9.59 Å². The van der Waals surface area contributed by atoms with Crippen LogP contribution in [0.5, 0.6) is 17.2 Å². The zero-order valence-electron chi connectivity index (χ0n) is 20.9. The van der Waals surface area contributed by atoms with Crippen LogP contribution in [0, 0.1) is 0 Å². The number of hydrogen-bond donors (Lipinski definition) is 1. The zero-order valence-corrected chi connectivity index (χ0v) is 21.7. The van der Waals surface area contributed by atoms with Gasteiger partial charge in [-0.2, -0.15) is 0 Å². The summed E-state index contributed by atoms with van der Waals surface area (Å²) >= 11 is 1.43. The predicted octanol–water partition coefficient (Wildman–Crippen LogP) is 5.52. The third-order valence-corrected chi connectivity index (χ3v) is 7.20. The molecule has 1 aliphatic heterocycles. The number of aliphatic hydroxyl groups is 1. The number of benzene rings is 2. The molecule has 0 bridgehead atoms. The Hall–Kier alpha value is -3.78. The maximum Gasteiger partial charge on any atom is 0.295 e. The van der Waals surface area contributed by atoms with Crippen molar-refractivity contribution in [2.45, 2.75) is 32.4 Å². The van der Waals surface area contributed by atoms with E-state index in [4.69, 9.17) is 14.2 Å². The lowest BCUT2D eigenvalue weighted by atomic mass is 9.95. The van der Waals surface area contributed by atoms with Gasteiger partial charge in [-0.1, -0.05) is 26.0 Å². The normalized spacial score (nSPS) is 17.1. The van der Waals surface area contributed by atoms with Crippen molar-refractivity contribution in [2.75, 3.05) is 21.3 Å². The Morgan fingerprint density at radius 2 is 1.67 bits per heavy atom. The minimum Gasteiger partial charge on any atom is -0.507 e. The summed E-state index contributed by atoms with van der Waals surface area (Å²) in [5.74, 6) is 0.345. The smallest absolute Gasteiger partial charge is 0.295 e. The highest BCUT2D eigenvalue weighted by Gasteiger charge is 2.46. The molecule has 1 N–H and O–H groups in total. The molecule has 188 valence electrons. The average molecular weight is 508 g/mol. The second-order valence-corrected chi connectivity index (χ2v) is 9.72. The van der Waals surface area contributed by atoms with E-state index in [-0.39, 0.29) is 23.8 Å². The van der Waals surface area contributed by atoms with Crippen molar-refractivity contribution in [1.29, 1.82) is 0 Å². The van der Waals surface area contributed by atoms with Crippen molar-refractivity contribution >= 4 is 28.8 Å². The summed E-state index contributed by atoms with van der Waals surface area (Å²) in [6, 6.07) is 13.7. The van der Waals surface area contributed by atoms with Gasteiger partial charge in [-0.05, 0) is 58.8 Å². The summed E-state index contributed by atoms with van der Waals surface area (Å²) in [7, 11) is 4.69. The molecule has 0 saturated carbocycles. The molecule has 2 heterocycles. The Morgan fingerprint density at radius 1 is 0.972 bits per heavy atom. The van der Waals surface area contributed by atoms with Gasteiger partial charge in [0.25, 0.3) is 11.7 Å². The third kappa shape index (κ3) is 4.56. The van der Waals surface area contributed by atoms with E-state index in [1.807, 2.05) is 43.5 Å². The number of methoxy groups -OCH3 is 3. The first-order chi connectivity index (χ1) is 17.3. The number of ether oxygens (including phenoxy) is 3. The average Bonchev–Trinajstić information content (AvgIpc) is 3.50. The number of rotatable bonds is 8. The number of hydrogen-bond acceptors (Lipinski definition) is 7. The van der Waals surface area contributed by atoms with Crippen LogP contribution in [0.3, 0.4) is 0 Å². The van der Waals surface area contributed by atoms with Crippen LogP contribution in [0.25, 0.3) is 5.76 Å². The minimum absolute atomic E-state index is 0.0720. The third-order valence-electron chi connectivity index (χ3n) is 6.28. The summed E-state index contributed by atoms with van der Waals surface area (Å²) in [6.45, 7) is 4.20. The molecule has 1 amide bonds. The van der Waals surface area contributed by atoms with Crippen LogP contribution in [0.1, 0.15) is 47.4 Å². The zero-order chi connectivity index (χ0) is 26.0. The minimum atomic E-state index is -0.720. The first kappa shape index (κ1) is 25.3. The van der Waals surface area contributed by atoms with Gasteiger partial charge in [0.15, 0.2) is 11.5 Å². The molecule has 1 atom stereocenters. The molecule has 4 rings (SSSR count). The Morgan fingerprint density at radius 3 is 2.28 bits per heavy atom. The largest absolute Gasteiger partial charge is 0.507 e. The highest BCUT2D eigenvalue weighted by atomic mass is 32.1. The maximum absolute atomic E-state index is 13.3. The van der Waals surface area contributed by atoms with Crippen LogP contribution in [0.4, 0.5) is 0 Å². The molecule has 3 aromatic rings. The fourth-order valence-electron chi connectivity index (χ4n) is 4.45. The topological polar surface area (TPSA) is 85.3 Å². The fourth-order valence-corrected chi connectivity index (χ4v) is 5.30. The summed E-state index contributed by atoms with van der Waals surface area (Å²) in [6.07, 6.45) is 0. The van der Waals surface area contributed by atoms with E-state index in [0.29, 0.717) is 22.8 Å². The van der Waals surface area contributed by atoms with Crippen LogP contribution in [0.2, 0.25) is 0 Å². The Labute approximate surface area is 214 Å². The van der Waals surface area contributed by atoms with Gasteiger partial charge in [0.2, 0.25) is 0 Å². The van der Waals surface area contributed by atoms with E-state index in [0.717, 1.165) is 16.0 Å². The van der Waals surface area contributed by atoms with Gasteiger partial charge in [-0.15, -0.1) is 11.3 Å². The molecule has 1 unspecified atom stereocenters. The molecule has 7 nitrogen and oxygen atoms in total. The molecular weight excluding hydrogens is 478 g/mol. The van der Waals surface area contributed by atoms with Crippen molar-refractivity contribution in [3.63, 3.8) is 0 Å². The van der Waals surface area contributed by atoms with E-state index < -0.39 is 17.7 Å². The van der Waals surface area contributed by atoms with Crippen molar-refractivity contribution < 1.29 is 28.9 Å². The van der Waals surface area contributed by atoms with Crippen molar-refractivity contribution in [2.24, 2.45) is 0 Å². The first-order valence-electron chi connectivity index (χ1n) is 11.5. The molecule has 1 aliphatic rings. The second kappa shape index (κ2) is 10.5. The number of amides is 1. The first-order valence-corrected chi connectivity index (χ1v) is 12.4. The quantitative estimate of drug-likeness (QED) is 0.246. The summed E-state index contributed by atoms with van der Waals surface area (Å²) in [5, 5.41) is 13.3. The number of carbonyl (C=O) groups excluding carboxylic acids is 2. The van der Waals surface area contributed by atoms with E-state index in [2.05, 4.69) is 0 Å².